The molecule has 2 nitrogen and oxygen atoms in total. The summed E-state index contributed by atoms with van der Waals surface area (Å²) in [5.74, 6) is 0. The Hall–Kier alpha value is -4.56. The van der Waals surface area contributed by atoms with Crippen LogP contribution in [-0.2, 0) is 10.8 Å². The normalized spacial score (nSPS) is 14.9. The molecule has 0 unspecified atom stereocenters. The minimum Gasteiger partial charge on any atom is -0.244 e. The molecule has 0 bridgehead atoms. The summed E-state index contributed by atoms with van der Waals surface area (Å²) in [6.45, 7) is 9.56. The smallest absolute Gasteiger partial charge is 0.0973 e. The molecule has 1 heterocycles. The highest BCUT2D eigenvalue weighted by molar-refractivity contribution is 5.91. The Kier molecular flexibility index (Phi) is 5.50. The molecule has 0 radical (unpaired) electrons. The van der Waals surface area contributed by atoms with Gasteiger partial charge in [0.1, 0.15) is 0 Å². The van der Waals surface area contributed by atoms with E-state index < -0.39 is 0 Å². The van der Waals surface area contributed by atoms with Crippen LogP contribution in [0.1, 0.15) is 38.8 Å². The van der Waals surface area contributed by atoms with Crippen LogP contribution in [0.2, 0.25) is 0 Å². The van der Waals surface area contributed by atoms with Gasteiger partial charge in [-0.15, -0.1) is 0 Å². The molecule has 5 aromatic carbocycles. The highest BCUT2D eigenvalue weighted by Crippen LogP contribution is 2.56. The van der Waals surface area contributed by atoms with Gasteiger partial charge in [0.2, 0.25) is 0 Å². The molecule has 6 aromatic rings. The minimum atomic E-state index is -0.0831. The molecule has 0 fully saturated rings. The van der Waals surface area contributed by atoms with Gasteiger partial charge in [-0.2, -0.15) is 0 Å². The first-order valence-corrected chi connectivity index (χ1v) is 14.0. The Morgan fingerprint density at radius 3 is 1.65 bits per heavy atom. The zero-order chi connectivity index (χ0) is 27.5. The average molecular weight is 517 g/mol. The van der Waals surface area contributed by atoms with Crippen molar-refractivity contribution < 1.29 is 0 Å². The predicted octanol–water partition coefficient (Wildman–Crippen LogP) is 9.87. The van der Waals surface area contributed by atoms with Gasteiger partial charge in [-0.3, -0.25) is 0 Å². The van der Waals surface area contributed by atoms with Gasteiger partial charge < -0.3 is 0 Å². The molecule has 0 N–H and O–H groups in total. The van der Waals surface area contributed by atoms with E-state index in [1.165, 1.54) is 33.4 Å². The molecule has 2 heteroatoms. The van der Waals surface area contributed by atoms with Crippen molar-refractivity contribution in [1.29, 1.82) is 0 Å². The lowest BCUT2D eigenvalue weighted by molar-refractivity contribution is 0.300. The summed E-state index contributed by atoms with van der Waals surface area (Å²) in [5.41, 5.74) is 13.5. The summed E-state index contributed by atoms with van der Waals surface area (Å²) in [6, 6.07) is 43.0. The lowest BCUT2D eigenvalue weighted by atomic mass is 9.54. The third-order valence-electron chi connectivity index (χ3n) is 9.21. The SMILES string of the molecule is CC1(C)c2ccccc2-c2cccc(-c3ccc4nc(-c5ccccc5)c(-c5ccccc5)nc4c3)c2C1(C)C. The second-order valence-electron chi connectivity index (χ2n) is 11.9. The molecular weight excluding hydrogens is 484 g/mol. The van der Waals surface area contributed by atoms with Crippen LogP contribution < -0.4 is 0 Å². The first-order chi connectivity index (χ1) is 19.4. The maximum absolute atomic E-state index is 5.26. The monoisotopic (exact) mass is 516 g/mol. The van der Waals surface area contributed by atoms with Crippen LogP contribution >= 0.6 is 0 Å². The van der Waals surface area contributed by atoms with Gasteiger partial charge in [0, 0.05) is 16.5 Å². The van der Waals surface area contributed by atoms with Gasteiger partial charge in [0.25, 0.3) is 0 Å². The summed E-state index contributed by atoms with van der Waals surface area (Å²) < 4.78 is 0. The fourth-order valence-corrected chi connectivity index (χ4v) is 6.42. The highest BCUT2D eigenvalue weighted by Gasteiger charge is 2.46. The molecule has 0 saturated heterocycles. The van der Waals surface area contributed by atoms with Crippen LogP contribution in [0.15, 0.2) is 121 Å². The molecule has 40 heavy (non-hydrogen) atoms. The van der Waals surface area contributed by atoms with Gasteiger partial charge in [-0.05, 0) is 50.9 Å². The van der Waals surface area contributed by atoms with Crippen molar-refractivity contribution in [2.45, 2.75) is 38.5 Å². The molecule has 0 aliphatic heterocycles. The van der Waals surface area contributed by atoms with Crippen molar-refractivity contribution in [2.75, 3.05) is 0 Å². The summed E-state index contributed by atoms with van der Waals surface area (Å²) in [4.78, 5) is 10.4. The van der Waals surface area contributed by atoms with Gasteiger partial charge >= 0.3 is 0 Å². The molecule has 7 rings (SSSR count). The number of hydrogen-bond acceptors (Lipinski definition) is 2. The van der Waals surface area contributed by atoms with Crippen molar-refractivity contribution in [3.63, 3.8) is 0 Å². The minimum absolute atomic E-state index is 0.0333. The number of hydrogen-bond donors (Lipinski definition) is 0. The third-order valence-corrected chi connectivity index (χ3v) is 9.21. The number of benzene rings is 5. The molecule has 1 aliphatic carbocycles. The van der Waals surface area contributed by atoms with E-state index in [-0.39, 0.29) is 10.8 Å². The van der Waals surface area contributed by atoms with E-state index in [1.54, 1.807) is 0 Å². The lowest BCUT2D eigenvalue weighted by Gasteiger charge is -2.49. The number of rotatable bonds is 3. The van der Waals surface area contributed by atoms with Crippen LogP contribution in [0.5, 0.6) is 0 Å². The lowest BCUT2D eigenvalue weighted by Crippen LogP contribution is -2.43. The van der Waals surface area contributed by atoms with Gasteiger partial charge in [0.15, 0.2) is 0 Å². The quantitative estimate of drug-likeness (QED) is 0.234. The molecule has 0 saturated carbocycles. The third kappa shape index (κ3) is 3.63. The highest BCUT2D eigenvalue weighted by atomic mass is 14.8. The zero-order valence-corrected chi connectivity index (χ0v) is 23.4. The Balaban J connectivity index is 1.47. The molecular formula is C38H32N2. The van der Waals surface area contributed by atoms with Gasteiger partial charge in [-0.1, -0.05) is 137 Å². The summed E-state index contributed by atoms with van der Waals surface area (Å²) in [7, 11) is 0. The van der Waals surface area contributed by atoms with Crippen LogP contribution in [0, 0.1) is 0 Å². The fourth-order valence-electron chi connectivity index (χ4n) is 6.42. The van der Waals surface area contributed by atoms with E-state index >= 15 is 0 Å². The van der Waals surface area contributed by atoms with E-state index in [9.17, 15) is 0 Å². The molecule has 0 atom stereocenters. The van der Waals surface area contributed by atoms with Crippen molar-refractivity contribution in [3.8, 4) is 44.8 Å². The van der Waals surface area contributed by atoms with Gasteiger partial charge in [0.05, 0.1) is 22.4 Å². The van der Waals surface area contributed by atoms with E-state index in [0.29, 0.717) is 0 Å². The first-order valence-electron chi connectivity index (χ1n) is 14.0. The molecule has 194 valence electrons. The molecule has 1 aliphatic rings. The first kappa shape index (κ1) is 24.5. The Labute approximate surface area is 236 Å². The van der Waals surface area contributed by atoms with Crippen molar-refractivity contribution >= 4 is 11.0 Å². The maximum atomic E-state index is 5.26. The molecule has 1 aromatic heterocycles. The van der Waals surface area contributed by atoms with Crippen molar-refractivity contribution in [1.82, 2.24) is 9.97 Å². The van der Waals surface area contributed by atoms with Crippen LogP contribution in [0.25, 0.3) is 55.8 Å². The van der Waals surface area contributed by atoms with Crippen molar-refractivity contribution in [2.24, 2.45) is 0 Å². The Bertz CT molecular complexity index is 1880. The van der Waals surface area contributed by atoms with E-state index in [2.05, 4.69) is 137 Å². The van der Waals surface area contributed by atoms with E-state index in [4.69, 9.17) is 9.97 Å². The fraction of sp³-hybridized carbons (Fsp3) is 0.158. The molecule has 0 amide bonds. The maximum Gasteiger partial charge on any atom is 0.0973 e. The zero-order valence-electron chi connectivity index (χ0n) is 23.4. The Morgan fingerprint density at radius 1 is 0.425 bits per heavy atom. The summed E-state index contributed by atoms with van der Waals surface area (Å²) >= 11 is 0. The molecule has 0 spiro atoms. The second kappa shape index (κ2) is 8.99. The van der Waals surface area contributed by atoms with Crippen LogP contribution in [0.4, 0.5) is 0 Å². The average Bonchev–Trinajstić information content (AvgIpc) is 3.00. The van der Waals surface area contributed by atoms with Crippen LogP contribution in [-0.4, -0.2) is 9.97 Å². The Morgan fingerprint density at radius 2 is 0.975 bits per heavy atom. The van der Waals surface area contributed by atoms with Crippen LogP contribution in [0.3, 0.4) is 0 Å². The van der Waals surface area contributed by atoms with E-state index in [1.807, 2.05) is 12.1 Å². The summed E-state index contributed by atoms with van der Waals surface area (Å²) in [6.07, 6.45) is 0. The predicted molar refractivity (Wildman–Crippen MR) is 167 cm³/mol. The summed E-state index contributed by atoms with van der Waals surface area (Å²) in [5, 5.41) is 0. The number of nitrogens with zero attached hydrogens (tertiary/aromatic N) is 2. The number of fused-ring (bicyclic) bond motifs is 4. The topological polar surface area (TPSA) is 25.8 Å². The van der Waals surface area contributed by atoms with Gasteiger partial charge in [-0.25, -0.2) is 9.97 Å². The standard InChI is InChI=1S/C38H32N2/c1-37(2)31-21-12-11-18-29(31)30-20-13-19-28(34(30)38(37,3)4)27-22-23-32-33(24-27)40-36(26-16-9-6-10-17-26)35(39-32)25-14-7-5-8-15-25/h5-24H,1-4H3. The number of aromatic nitrogens is 2. The second-order valence-corrected chi connectivity index (χ2v) is 11.9. The van der Waals surface area contributed by atoms with Crippen molar-refractivity contribution in [3.05, 3.63) is 132 Å². The largest absolute Gasteiger partial charge is 0.244 e. The van der Waals surface area contributed by atoms with E-state index in [0.717, 1.165) is 33.5 Å².